The van der Waals surface area contributed by atoms with E-state index in [0.29, 0.717) is 0 Å². The molecular formula is C8H15NO3. The van der Waals surface area contributed by atoms with E-state index >= 15 is 0 Å². The van der Waals surface area contributed by atoms with Gasteiger partial charge >= 0.3 is 5.97 Å². The highest BCUT2D eigenvalue weighted by Gasteiger charge is 2.43. The van der Waals surface area contributed by atoms with E-state index in [1.54, 1.807) is 0 Å². The summed E-state index contributed by atoms with van der Waals surface area (Å²) >= 11 is 0. The standard InChI is InChI=1S/C8H15NO3/c9-5-8(3-1-2-4-8)6(10)7(11)12/h6,10H,1-5,9H2,(H,11,12). The smallest absolute Gasteiger partial charge is 0.333 e. The predicted molar refractivity (Wildman–Crippen MR) is 43.6 cm³/mol. The van der Waals surface area contributed by atoms with Crippen LogP contribution in [-0.4, -0.2) is 28.8 Å². The molecule has 1 fully saturated rings. The highest BCUT2D eigenvalue weighted by atomic mass is 16.4. The van der Waals surface area contributed by atoms with Crippen molar-refractivity contribution >= 4 is 5.97 Å². The van der Waals surface area contributed by atoms with Gasteiger partial charge in [0.15, 0.2) is 6.10 Å². The van der Waals surface area contributed by atoms with Crippen LogP contribution in [-0.2, 0) is 4.79 Å². The van der Waals surface area contributed by atoms with Gasteiger partial charge in [0.25, 0.3) is 0 Å². The number of carboxylic acids is 1. The maximum Gasteiger partial charge on any atom is 0.333 e. The van der Waals surface area contributed by atoms with Crippen molar-refractivity contribution in [2.24, 2.45) is 11.1 Å². The first kappa shape index (κ1) is 9.48. The first-order valence-electron chi connectivity index (χ1n) is 4.23. The van der Waals surface area contributed by atoms with Gasteiger partial charge in [-0.05, 0) is 12.8 Å². The number of nitrogens with two attached hydrogens (primary N) is 1. The van der Waals surface area contributed by atoms with Gasteiger partial charge in [0.05, 0.1) is 0 Å². The zero-order valence-corrected chi connectivity index (χ0v) is 6.99. The van der Waals surface area contributed by atoms with E-state index in [2.05, 4.69) is 0 Å². The summed E-state index contributed by atoms with van der Waals surface area (Å²) in [5.74, 6) is -1.15. The quantitative estimate of drug-likeness (QED) is 0.558. The number of carboxylic acid groups (broad SMARTS) is 1. The number of aliphatic hydroxyl groups excluding tert-OH is 1. The van der Waals surface area contributed by atoms with Crippen molar-refractivity contribution < 1.29 is 15.0 Å². The Hall–Kier alpha value is -0.610. The zero-order chi connectivity index (χ0) is 9.19. The third-order valence-corrected chi connectivity index (χ3v) is 2.82. The lowest BCUT2D eigenvalue weighted by Gasteiger charge is -2.29. The van der Waals surface area contributed by atoms with Gasteiger partial charge in [0.1, 0.15) is 0 Å². The Morgan fingerprint density at radius 1 is 1.50 bits per heavy atom. The van der Waals surface area contributed by atoms with Crippen LogP contribution in [0.1, 0.15) is 25.7 Å². The summed E-state index contributed by atoms with van der Waals surface area (Å²) in [6, 6.07) is 0. The van der Waals surface area contributed by atoms with Crippen molar-refractivity contribution in [1.29, 1.82) is 0 Å². The summed E-state index contributed by atoms with van der Waals surface area (Å²) in [5, 5.41) is 18.0. The van der Waals surface area contributed by atoms with Gasteiger partial charge in [-0.25, -0.2) is 4.79 Å². The van der Waals surface area contributed by atoms with Gasteiger partial charge in [-0.2, -0.15) is 0 Å². The molecule has 1 rings (SSSR count). The maximum atomic E-state index is 10.5. The molecule has 0 aromatic rings. The highest BCUT2D eigenvalue weighted by molar-refractivity contribution is 5.73. The Morgan fingerprint density at radius 2 is 2.00 bits per heavy atom. The molecule has 0 aliphatic heterocycles. The molecule has 1 aliphatic rings. The SMILES string of the molecule is NCC1(C(O)C(=O)O)CCCC1. The van der Waals surface area contributed by atoms with Crippen LogP contribution < -0.4 is 5.73 Å². The van der Waals surface area contributed by atoms with Crippen LogP contribution in [0.25, 0.3) is 0 Å². The number of aliphatic hydroxyl groups is 1. The molecule has 1 aliphatic carbocycles. The zero-order valence-electron chi connectivity index (χ0n) is 6.99. The van der Waals surface area contributed by atoms with E-state index in [-0.39, 0.29) is 6.54 Å². The van der Waals surface area contributed by atoms with Crippen LogP contribution in [0, 0.1) is 5.41 Å². The number of hydrogen-bond acceptors (Lipinski definition) is 3. The lowest BCUT2D eigenvalue weighted by molar-refractivity contribution is -0.154. The summed E-state index contributed by atoms with van der Waals surface area (Å²) in [5.41, 5.74) is 4.93. The largest absolute Gasteiger partial charge is 0.479 e. The van der Waals surface area contributed by atoms with E-state index in [4.69, 9.17) is 10.8 Å². The monoisotopic (exact) mass is 173 g/mol. The minimum Gasteiger partial charge on any atom is -0.479 e. The van der Waals surface area contributed by atoms with Crippen molar-refractivity contribution in [3.8, 4) is 0 Å². The normalized spacial score (nSPS) is 23.8. The molecule has 0 aromatic heterocycles. The van der Waals surface area contributed by atoms with E-state index in [9.17, 15) is 9.90 Å². The molecule has 0 heterocycles. The molecule has 0 spiro atoms. The minimum absolute atomic E-state index is 0.264. The topological polar surface area (TPSA) is 83.5 Å². The fourth-order valence-electron chi connectivity index (χ4n) is 1.93. The minimum atomic E-state index is -1.29. The van der Waals surface area contributed by atoms with Crippen molar-refractivity contribution in [1.82, 2.24) is 0 Å². The maximum absolute atomic E-state index is 10.5. The van der Waals surface area contributed by atoms with Gasteiger partial charge in [0.2, 0.25) is 0 Å². The molecule has 0 saturated heterocycles. The average Bonchev–Trinajstić information content (AvgIpc) is 2.52. The Labute approximate surface area is 71.4 Å². The molecule has 4 nitrogen and oxygen atoms in total. The molecule has 0 aromatic carbocycles. The Kier molecular flexibility index (Phi) is 2.69. The van der Waals surface area contributed by atoms with Crippen LogP contribution in [0.3, 0.4) is 0 Å². The number of aliphatic carboxylic acids is 1. The molecule has 70 valence electrons. The van der Waals surface area contributed by atoms with Crippen LogP contribution in [0.15, 0.2) is 0 Å². The van der Waals surface area contributed by atoms with Gasteiger partial charge in [-0.3, -0.25) is 0 Å². The fourth-order valence-corrected chi connectivity index (χ4v) is 1.93. The Balaban J connectivity index is 2.71. The van der Waals surface area contributed by atoms with Crippen molar-refractivity contribution in [3.05, 3.63) is 0 Å². The molecule has 0 bridgehead atoms. The summed E-state index contributed by atoms with van der Waals surface area (Å²) < 4.78 is 0. The second kappa shape index (κ2) is 3.41. The third-order valence-electron chi connectivity index (χ3n) is 2.82. The van der Waals surface area contributed by atoms with Crippen molar-refractivity contribution in [3.63, 3.8) is 0 Å². The summed E-state index contributed by atoms with van der Waals surface area (Å²) in [6.07, 6.45) is 2.13. The molecule has 0 radical (unpaired) electrons. The van der Waals surface area contributed by atoms with Gasteiger partial charge in [-0.15, -0.1) is 0 Å². The van der Waals surface area contributed by atoms with E-state index in [0.717, 1.165) is 25.7 Å². The van der Waals surface area contributed by atoms with Gasteiger partial charge in [0, 0.05) is 12.0 Å². The molecule has 4 N–H and O–H groups in total. The second-order valence-electron chi connectivity index (χ2n) is 3.51. The van der Waals surface area contributed by atoms with Crippen LogP contribution in [0.4, 0.5) is 0 Å². The molecular weight excluding hydrogens is 158 g/mol. The molecule has 1 atom stereocenters. The van der Waals surface area contributed by atoms with Crippen molar-refractivity contribution in [2.45, 2.75) is 31.8 Å². The van der Waals surface area contributed by atoms with Gasteiger partial charge in [-0.1, -0.05) is 12.8 Å². The highest BCUT2D eigenvalue weighted by Crippen LogP contribution is 2.40. The first-order valence-corrected chi connectivity index (χ1v) is 4.23. The van der Waals surface area contributed by atoms with E-state index in [1.165, 1.54) is 0 Å². The molecule has 1 unspecified atom stereocenters. The summed E-state index contributed by atoms with van der Waals surface area (Å²) in [6.45, 7) is 0.264. The lowest BCUT2D eigenvalue weighted by atomic mass is 9.80. The average molecular weight is 173 g/mol. The fraction of sp³-hybridized carbons (Fsp3) is 0.875. The van der Waals surface area contributed by atoms with E-state index in [1.807, 2.05) is 0 Å². The Morgan fingerprint density at radius 3 is 2.33 bits per heavy atom. The summed E-state index contributed by atoms with van der Waals surface area (Å²) in [4.78, 5) is 10.5. The first-order chi connectivity index (χ1) is 5.62. The van der Waals surface area contributed by atoms with Crippen LogP contribution >= 0.6 is 0 Å². The Bertz CT molecular complexity index is 175. The summed E-state index contributed by atoms with van der Waals surface area (Å²) in [7, 11) is 0. The van der Waals surface area contributed by atoms with Crippen molar-refractivity contribution in [2.75, 3.05) is 6.54 Å². The predicted octanol–water partition coefficient (Wildman–Crippen LogP) is -0.0490. The van der Waals surface area contributed by atoms with Gasteiger partial charge < -0.3 is 15.9 Å². The molecule has 4 heteroatoms. The third kappa shape index (κ3) is 1.44. The number of rotatable bonds is 3. The number of carbonyl (C=O) groups is 1. The number of hydrogen-bond donors (Lipinski definition) is 3. The van der Waals surface area contributed by atoms with E-state index < -0.39 is 17.5 Å². The van der Waals surface area contributed by atoms with Crippen LogP contribution in [0.5, 0.6) is 0 Å². The molecule has 1 saturated carbocycles. The second-order valence-corrected chi connectivity index (χ2v) is 3.51. The molecule has 12 heavy (non-hydrogen) atoms. The van der Waals surface area contributed by atoms with Crippen LogP contribution in [0.2, 0.25) is 0 Å². The molecule has 0 amide bonds. The lowest BCUT2D eigenvalue weighted by Crippen LogP contribution is -2.44.